The Kier molecular flexibility index (Phi) is 4.56. The molecule has 0 atom stereocenters. The van der Waals surface area contributed by atoms with Crippen molar-refractivity contribution in [2.45, 2.75) is 13.8 Å². The molecule has 0 aliphatic rings. The SMILES string of the molecule is CCN=CN=C(C)Cl. The molecule has 0 amide bonds. The molecule has 0 bridgehead atoms. The predicted octanol–water partition coefficient (Wildman–Crippen LogP) is 1.69. The minimum Gasteiger partial charge on any atom is -0.274 e. The third-order valence-electron chi connectivity index (χ3n) is 0.500. The van der Waals surface area contributed by atoms with Gasteiger partial charge in [-0.05, 0) is 13.8 Å². The Balaban J connectivity index is 3.42. The van der Waals surface area contributed by atoms with E-state index in [0.717, 1.165) is 6.54 Å². The van der Waals surface area contributed by atoms with Gasteiger partial charge in [-0.25, -0.2) is 4.99 Å². The van der Waals surface area contributed by atoms with Gasteiger partial charge >= 0.3 is 0 Å². The summed E-state index contributed by atoms with van der Waals surface area (Å²) in [5.41, 5.74) is 0. The fourth-order valence-electron chi connectivity index (χ4n) is 0.202. The van der Waals surface area contributed by atoms with Gasteiger partial charge in [0.25, 0.3) is 0 Å². The lowest BCUT2D eigenvalue weighted by Gasteiger charge is -1.77. The molecule has 0 rings (SSSR count). The molecule has 3 heteroatoms. The molecule has 0 heterocycles. The van der Waals surface area contributed by atoms with Gasteiger partial charge < -0.3 is 0 Å². The van der Waals surface area contributed by atoms with Gasteiger partial charge in [-0.2, -0.15) is 0 Å². The smallest absolute Gasteiger partial charge is 0.111 e. The van der Waals surface area contributed by atoms with E-state index in [4.69, 9.17) is 11.6 Å². The van der Waals surface area contributed by atoms with Crippen molar-refractivity contribution < 1.29 is 0 Å². The van der Waals surface area contributed by atoms with E-state index >= 15 is 0 Å². The zero-order valence-electron chi connectivity index (χ0n) is 5.06. The fourth-order valence-corrected chi connectivity index (χ4v) is 0.246. The van der Waals surface area contributed by atoms with Gasteiger partial charge in [0.1, 0.15) is 11.5 Å². The summed E-state index contributed by atoms with van der Waals surface area (Å²) in [6.07, 6.45) is 1.46. The lowest BCUT2D eigenvalue weighted by atomic mass is 10.8. The van der Waals surface area contributed by atoms with Gasteiger partial charge in [0.15, 0.2) is 0 Å². The zero-order valence-corrected chi connectivity index (χ0v) is 5.81. The molecule has 0 spiro atoms. The number of rotatable bonds is 2. The quantitative estimate of drug-likeness (QED) is 0.404. The molecule has 0 fully saturated rings. The minimum atomic E-state index is 0.516. The average molecular weight is 133 g/mol. The van der Waals surface area contributed by atoms with E-state index in [9.17, 15) is 0 Å². The molecule has 0 N–H and O–H groups in total. The first-order valence-corrected chi connectivity index (χ1v) is 2.83. The van der Waals surface area contributed by atoms with E-state index in [-0.39, 0.29) is 0 Å². The van der Waals surface area contributed by atoms with E-state index in [2.05, 4.69) is 9.98 Å². The third-order valence-corrected chi connectivity index (χ3v) is 0.597. The van der Waals surface area contributed by atoms with Gasteiger partial charge in [-0.1, -0.05) is 11.6 Å². The highest BCUT2D eigenvalue weighted by Crippen LogP contribution is 1.79. The van der Waals surface area contributed by atoms with E-state index in [1.165, 1.54) is 6.34 Å². The Labute approximate surface area is 54.3 Å². The molecule has 0 radical (unpaired) electrons. The number of aliphatic imine (C=N–C) groups is 2. The molecule has 2 nitrogen and oxygen atoms in total. The highest BCUT2D eigenvalue weighted by molar-refractivity contribution is 6.65. The Bertz CT molecular complexity index is 103. The highest BCUT2D eigenvalue weighted by atomic mass is 35.5. The highest BCUT2D eigenvalue weighted by Gasteiger charge is 1.72. The molecule has 0 saturated carbocycles. The van der Waals surface area contributed by atoms with Crippen LogP contribution in [0.2, 0.25) is 0 Å². The summed E-state index contributed by atoms with van der Waals surface area (Å²) in [6, 6.07) is 0. The van der Waals surface area contributed by atoms with Crippen molar-refractivity contribution in [3.63, 3.8) is 0 Å². The molecule has 0 aromatic heterocycles. The first-order valence-electron chi connectivity index (χ1n) is 2.45. The summed E-state index contributed by atoms with van der Waals surface area (Å²) in [4.78, 5) is 7.52. The van der Waals surface area contributed by atoms with Gasteiger partial charge in [-0.3, -0.25) is 4.99 Å². The predicted molar refractivity (Wildman–Crippen MR) is 38.0 cm³/mol. The second-order valence-electron chi connectivity index (χ2n) is 1.24. The Morgan fingerprint density at radius 1 is 1.75 bits per heavy atom. The van der Waals surface area contributed by atoms with Crippen molar-refractivity contribution in [3.05, 3.63) is 0 Å². The van der Waals surface area contributed by atoms with Crippen molar-refractivity contribution in [2.75, 3.05) is 6.54 Å². The molecule has 0 saturated heterocycles. The van der Waals surface area contributed by atoms with E-state index in [0.29, 0.717) is 5.17 Å². The molecule has 0 aliphatic carbocycles. The molecular weight excluding hydrogens is 124 g/mol. The summed E-state index contributed by atoms with van der Waals surface area (Å²) in [7, 11) is 0. The Morgan fingerprint density at radius 2 is 2.38 bits per heavy atom. The van der Waals surface area contributed by atoms with Gasteiger partial charge in [0, 0.05) is 6.54 Å². The van der Waals surface area contributed by atoms with E-state index < -0.39 is 0 Å². The van der Waals surface area contributed by atoms with Crippen LogP contribution in [-0.4, -0.2) is 18.1 Å². The molecule has 46 valence electrons. The largest absolute Gasteiger partial charge is 0.274 e. The minimum absolute atomic E-state index is 0.516. The van der Waals surface area contributed by atoms with Gasteiger partial charge in [-0.15, -0.1) is 0 Å². The van der Waals surface area contributed by atoms with Crippen molar-refractivity contribution in [3.8, 4) is 0 Å². The Hall–Kier alpha value is -0.370. The first-order chi connectivity index (χ1) is 3.77. The second-order valence-corrected chi connectivity index (χ2v) is 1.79. The van der Waals surface area contributed by atoms with E-state index in [1.54, 1.807) is 6.92 Å². The van der Waals surface area contributed by atoms with E-state index in [1.807, 2.05) is 6.92 Å². The maximum atomic E-state index is 5.37. The van der Waals surface area contributed by atoms with Crippen LogP contribution >= 0.6 is 11.6 Å². The number of nitrogens with zero attached hydrogens (tertiary/aromatic N) is 2. The van der Waals surface area contributed by atoms with Crippen LogP contribution in [0.25, 0.3) is 0 Å². The van der Waals surface area contributed by atoms with Crippen LogP contribution in [0.4, 0.5) is 0 Å². The summed E-state index contributed by atoms with van der Waals surface area (Å²) >= 11 is 5.37. The maximum Gasteiger partial charge on any atom is 0.111 e. The number of hydrogen-bond acceptors (Lipinski definition) is 1. The lowest BCUT2D eigenvalue weighted by molar-refractivity contribution is 1.13. The van der Waals surface area contributed by atoms with Crippen molar-refractivity contribution in [1.82, 2.24) is 0 Å². The lowest BCUT2D eigenvalue weighted by Crippen LogP contribution is -1.76. The van der Waals surface area contributed by atoms with Crippen LogP contribution in [0.15, 0.2) is 9.98 Å². The van der Waals surface area contributed by atoms with Crippen molar-refractivity contribution in [2.24, 2.45) is 9.98 Å². The van der Waals surface area contributed by atoms with Crippen molar-refractivity contribution >= 4 is 23.1 Å². The molecular formula is C5H9ClN2. The molecule has 0 aromatic carbocycles. The normalized spacial score (nSPS) is 13.1. The molecule has 0 aromatic rings. The third kappa shape index (κ3) is 5.63. The first kappa shape index (κ1) is 7.63. The average Bonchev–Trinajstić information content (AvgIpc) is 1.66. The van der Waals surface area contributed by atoms with Crippen LogP contribution in [0.5, 0.6) is 0 Å². The molecule has 0 unspecified atom stereocenters. The fraction of sp³-hybridized carbons (Fsp3) is 0.600. The monoisotopic (exact) mass is 132 g/mol. The maximum absolute atomic E-state index is 5.37. The standard InChI is InChI=1S/C5H9ClN2/c1-3-7-4-8-5(2)6/h4H,3H2,1-2H3. The molecule has 0 aliphatic heterocycles. The van der Waals surface area contributed by atoms with Crippen LogP contribution in [0, 0.1) is 0 Å². The summed E-state index contributed by atoms with van der Waals surface area (Å²) in [5.74, 6) is 0. The number of hydrogen-bond donors (Lipinski definition) is 0. The Morgan fingerprint density at radius 3 is 2.75 bits per heavy atom. The van der Waals surface area contributed by atoms with Gasteiger partial charge in [0.2, 0.25) is 0 Å². The van der Waals surface area contributed by atoms with Gasteiger partial charge in [0.05, 0.1) is 0 Å². The van der Waals surface area contributed by atoms with Crippen LogP contribution < -0.4 is 0 Å². The molecule has 8 heavy (non-hydrogen) atoms. The summed E-state index contributed by atoms with van der Waals surface area (Å²) < 4.78 is 0. The van der Waals surface area contributed by atoms with Crippen LogP contribution in [0.1, 0.15) is 13.8 Å². The van der Waals surface area contributed by atoms with Crippen molar-refractivity contribution in [1.29, 1.82) is 0 Å². The zero-order chi connectivity index (χ0) is 6.41. The second kappa shape index (κ2) is 4.78. The van der Waals surface area contributed by atoms with Crippen LogP contribution in [0.3, 0.4) is 0 Å². The number of halogens is 1. The van der Waals surface area contributed by atoms with Crippen LogP contribution in [-0.2, 0) is 0 Å². The topological polar surface area (TPSA) is 24.7 Å². The summed E-state index contributed by atoms with van der Waals surface area (Å²) in [6.45, 7) is 4.41. The summed E-state index contributed by atoms with van der Waals surface area (Å²) in [5, 5.41) is 0.516.